The fraction of sp³-hybridized carbons (Fsp3) is 0.263. The van der Waals surface area contributed by atoms with Crippen molar-refractivity contribution in [2.45, 2.75) is 13.5 Å². The van der Waals surface area contributed by atoms with Gasteiger partial charge in [-0.3, -0.25) is 9.59 Å². The van der Waals surface area contributed by atoms with Gasteiger partial charge in [-0.2, -0.15) is 0 Å². The van der Waals surface area contributed by atoms with Crippen LogP contribution in [0.3, 0.4) is 0 Å². The van der Waals surface area contributed by atoms with Crippen LogP contribution in [0.1, 0.15) is 22.8 Å². The number of halogens is 2. The Hall–Kier alpha value is -2.44. The first kappa shape index (κ1) is 20.9. The van der Waals surface area contributed by atoms with Crippen LogP contribution in [-0.4, -0.2) is 32.1 Å². The minimum atomic E-state index is -0.504. The van der Waals surface area contributed by atoms with Crippen molar-refractivity contribution in [3.8, 4) is 5.75 Å². The summed E-state index contributed by atoms with van der Waals surface area (Å²) in [6.07, 6.45) is 0. The second-order valence-corrected chi connectivity index (χ2v) is 6.33. The van der Waals surface area contributed by atoms with Crippen LogP contribution in [0.4, 0.5) is 5.69 Å². The van der Waals surface area contributed by atoms with Crippen LogP contribution in [0, 0.1) is 0 Å². The van der Waals surface area contributed by atoms with Crippen LogP contribution in [0.2, 0.25) is 10.0 Å². The van der Waals surface area contributed by atoms with Crippen LogP contribution >= 0.6 is 23.2 Å². The number of ether oxygens (including phenoxy) is 2. The number of esters is 1. The molecular weight excluding hydrogens is 391 g/mol. The van der Waals surface area contributed by atoms with Gasteiger partial charge in [0.25, 0.3) is 5.91 Å². The first-order valence-corrected chi connectivity index (χ1v) is 8.99. The number of amides is 1. The van der Waals surface area contributed by atoms with Crippen molar-refractivity contribution < 1.29 is 19.1 Å². The Morgan fingerprint density at radius 3 is 2.56 bits per heavy atom. The van der Waals surface area contributed by atoms with E-state index in [4.69, 9.17) is 32.7 Å². The molecule has 0 saturated carbocycles. The molecule has 0 bridgehead atoms. The van der Waals surface area contributed by atoms with Crippen LogP contribution in [-0.2, 0) is 16.1 Å². The van der Waals surface area contributed by atoms with E-state index in [1.807, 2.05) is 6.07 Å². The second-order valence-electron chi connectivity index (χ2n) is 5.49. The maximum Gasteiger partial charge on any atom is 0.325 e. The molecule has 8 heteroatoms. The van der Waals surface area contributed by atoms with E-state index in [1.165, 1.54) is 7.11 Å². The molecule has 0 spiro atoms. The summed E-state index contributed by atoms with van der Waals surface area (Å²) in [5.74, 6) is -0.408. The third-order valence-electron chi connectivity index (χ3n) is 3.65. The normalized spacial score (nSPS) is 10.2. The Balaban J connectivity index is 2.15. The molecule has 0 atom stereocenters. The van der Waals surface area contributed by atoms with Gasteiger partial charge in [0, 0.05) is 22.3 Å². The molecule has 0 aromatic heterocycles. The number of carbonyl (C=O) groups excluding carboxylic acids is 2. The number of carbonyl (C=O) groups is 2. The fourth-order valence-electron chi connectivity index (χ4n) is 2.31. The highest BCUT2D eigenvalue weighted by Crippen LogP contribution is 2.25. The SMILES string of the molecule is CCOC(=O)CNC(=O)c1cc(OC)ccc1NCc1ccc(Cl)cc1Cl. The molecule has 0 aliphatic carbocycles. The van der Waals surface area contributed by atoms with Gasteiger partial charge in [0.2, 0.25) is 0 Å². The Morgan fingerprint density at radius 1 is 1.11 bits per heavy atom. The minimum Gasteiger partial charge on any atom is -0.497 e. The van der Waals surface area contributed by atoms with Crippen LogP contribution < -0.4 is 15.4 Å². The Bertz CT molecular complexity index is 827. The second kappa shape index (κ2) is 10.0. The van der Waals surface area contributed by atoms with Gasteiger partial charge in [0.15, 0.2) is 0 Å². The highest BCUT2D eigenvalue weighted by Gasteiger charge is 2.15. The van der Waals surface area contributed by atoms with Gasteiger partial charge >= 0.3 is 5.97 Å². The lowest BCUT2D eigenvalue weighted by Crippen LogP contribution is -2.31. The summed E-state index contributed by atoms with van der Waals surface area (Å²) >= 11 is 12.1. The van der Waals surface area contributed by atoms with Crippen LogP contribution in [0.5, 0.6) is 5.75 Å². The predicted octanol–water partition coefficient (Wildman–Crippen LogP) is 3.91. The molecule has 0 aliphatic rings. The molecular formula is C19H20Cl2N2O4. The van der Waals surface area contributed by atoms with Crippen molar-refractivity contribution in [3.63, 3.8) is 0 Å². The number of rotatable bonds is 8. The van der Waals surface area contributed by atoms with Gasteiger partial charge in [0.1, 0.15) is 12.3 Å². The van der Waals surface area contributed by atoms with Crippen molar-refractivity contribution in [1.29, 1.82) is 0 Å². The molecule has 0 saturated heterocycles. The lowest BCUT2D eigenvalue weighted by atomic mass is 10.1. The topological polar surface area (TPSA) is 76.7 Å². The van der Waals surface area contributed by atoms with Gasteiger partial charge in [0.05, 0.1) is 19.3 Å². The monoisotopic (exact) mass is 410 g/mol. The van der Waals surface area contributed by atoms with E-state index in [1.54, 1.807) is 37.3 Å². The quantitative estimate of drug-likeness (QED) is 0.645. The molecule has 2 aromatic rings. The average molecular weight is 411 g/mol. The number of nitrogens with one attached hydrogen (secondary N) is 2. The predicted molar refractivity (Wildman–Crippen MR) is 106 cm³/mol. The zero-order valence-corrected chi connectivity index (χ0v) is 16.5. The molecule has 144 valence electrons. The Kier molecular flexibility index (Phi) is 7.76. The molecule has 1 amide bonds. The molecule has 0 aliphatic heterocycles. The number of methoxy groups -OCH3 is 1. The standard InChI is InChI=1S/C19H20Cl2N2O4/c1-3-27-18(24)11-23-19(25)15-9-14(26-2)6-7-17(15)22-10-12-4-5-13(20)8-16(12)21/h4-9,22H,3,10-11H2,1-2H3,(H,23,25). The molecule has 0 radical (unpaired) electrons. The van der Waals surface area contributed by atoms with E-state index in [2.05, 4.69) is 10.6 Å². The van der Waals surface area contributed by atoms with Crippen molar-refractivity contribution in [2.75, 3.05) is 25.6 Å². The summed E-state index contributed by atoms with van der Waals surface area (Å²) < 4.78 is 10.00. The third kappa shape index (κ3) is 6.05. The van der Waals surface area contributed by atoms with Gasteiger partial charge in [-0.1, -0.05) is 29.3 Å². The Morgan fingerprint density at radius 2 is 1.89 bits per heavy atom. The smallest absolute Gasteiger partial charge is 0.325 e. The zero-order chi connectivity index (χ0) is 19.8. The van der Waals surface area contributed by atoms with Crippen molar-refractivity contribution in [3.05, 3.63) is 57.6 Å². The van der Waals surface area contributed by atoms with E-state index < -0.39 is 11.9 Å². The minimum absolute atomic E-state index is 0.216. The van der Waals surface area contributed by atoms with E-state index in [9.17, 15) is 9.59 Å². The summed E-state index contributed by atoms with van der Waals surface area (Å²) in [6.45, 7) is 2.13. The maximum atomic E-state index is 12.5. The first-order chi connectivity index (χ1) is 12.9. The van der Waals surface area contributed by atoms with Crippen molar-refractivity contribution in [2.24, 2.45) is 0 Å². The lowest BCUT2D eigenvalue weighted by molar-refractivity contribution is -0.141. The van der Waals surface area contributed by atoms with Crippen LogP contribution in [0.15, 0.2) is 36.4 Å². The molecule has 27 heavy (non-hydrogen) atoms. The summed E-state index contributed by atoms with van der Waals surface area (Å²) in [4.78, 5) is 24.0. The highest BCUT2D eigenvalue weighted by molar-refractivity contribution is 6.35. The summed E-state index contributed by atoms with van der Waals surface area (Å²) in [5, 5.41) is 6.79. The summed E-state index contributed by atoms with van der Waals surface area (Å²) in [7, 11) is 1.51. The van der Waals surface area contributed by atoms with E-state index >= 15 is 0 Å². The molecule has 2 rings (SSSR count). The molecule has 0 heterocycles. The number of benzene rings is 2. The lowest BCUT2D eigenvalue weighted by Gasteiger charge is -2.14. The van der Waals surface area contributed by atoms with E-state index in [0.717, 1.165) is 5.56 Å². The molecule has 2 aromatic carbocycles. The largest absolute Gasteiger partial charge is 0.497 e. The van der Waals surface area contributed by atoms with Gasteiger partial charge in [-0.05, 0) is 42.8 Å². The summed E-state index contributed by atoms with van der Waals surface area (Å²) in [5.41, 5.74) is 1.74. The number of hydrogen-bond acceptors (Lipinski definition) is 5. The summed E-state index contributed by atoms with van der Waals surface area (Å²) in [6, 6.07) is 10.2. The van der Waals surface area contributed by atoms with E-state index in [0.29, 0.717) is 33.6 Å². The van der Waals surface area contributed by atoms with Gasteiger partial charge in [-0.25, -0.2) is 0 Å². The average Bonchev–Trinajstić information content (AvgIpc) is 2.65. The Labute approximate surface area is 167 Å². The number of hydrogen-bond donors (Lipinski definition) is 2. The van der Waals surface area contributed by atoms with E-state index in [-0.39, 0.29) is 13.2 Å². The molecule has 2 N–H and O–H groups in total. The van der Waals surface area contributed by atoms with Crippen molar-refractivity contribution >= 4 is 40.8 Å². The third-order valence-corrected chi connectivity index (χ3v) is 4.24. The van der Waals surface area contributed by atoms with Crippen molar-refractivity contribution in [1.82, 2.24) is 5.32 Å². The van der Waals surface area contributed by atoms with Gasteiger partial charge < -0.3 is 20.1 Å². The fourth-order valence-corrected chi connectivity index (χ4v) is 2.78. The maximum absolute atomic E-state index is 12.5. The number of anilines is 1. The van der Waals surface area contributed by atoms with Gasteiger partial charge in [-0.15, -0.1) is 0 Å². The molecule has 0 unspecified atom stereocenters. The molecule has 0 fully saturated rings. The highest BCUT2D eigenvalue weighted by atomic mass is 35.5. The van der Waals surface area contributed by atoms with Crippen LogP contribution in [0.25, 0.3) is 0 Å². The first-order valence-electron chi connectivity index (χ1n) is 8.24. The zero-order valence-electron chi connectivity index (χ0n) is 15.0. The molecule has 6 nitrogen and oxygen atoms in total.